The van der Waals surface area contributed by atoms with Crippen LogP contribution in [0.3, 0.4) is 0 Å². The Morgan fingerprint density at radius 2 is 1.57 bits per heavy atom. The maximum Gasteiger partial charge on any atom is 0.416 e. The number of hydrogen-bond donors (Lipinski definition) is 2. The maximum absolute atomic E-state index is 13.1. The molecule has 0 fully saturated rings. The summed E-state index contributed by atoms with van der Waals surface area (Å²) in [6, 6.07) is 0.760. The fourth-order valence-electron chi connectivity index (χ4n) is 2.80. The van der Waals surface area contributed by atoms with Gasteiger partial charge in [-0.15, -0.1) is 5.10 Å². The summed E-state index contributed by atoms with van der Waals surface area (Å²) < 4.78 is 79.7. The number of rotatable bonds is 5. The van der Waals surface area contributed by atoms with Crippen LogP contribution in [0.1, 0.15) is 40.3 Å². The predicted octanol–water partition coefficient (Wildman–Crippen LogP) is 3.70. The van der Waals surface area contributed by atoms with Gasteiger partial charge >= 0.3 is 18.4 Å². The molecule has 2 aromatic heterocycles. The summed E-state index contributed by atoms with van der Waals surface area (Å²) in [5.74, 6) is -1.85. The van der Waals surface area contributed by atoms with Crippen molar-refractivity contribution in [1.82, 2.24) is 30.0 Å². The topological polar surface area (TPSA) is 126 Å². The van der Waals surface area contributed by atoms with Crippen LogP contribution in [0, 0.1) is 0 Å². The van der Waals surface area contributed by atoms with E-state index in [-0.39, 0.29) is 35.9 Å². The molecule has 1 aromatic carbocycles. The largest absolute Gasteiger partial charge is 0.465 e. The molecule has 0 saturated carbocycles. The fourth-order valence-corrected chi connectivity index (χ4v) is 2.80. The molecule has 0 aliphatic heterocycles. The summed E-state index contributed by atoms with van der Waals surface area (Å²) in [6.07, 6.45) is -9.03. The summed E-state index contributed by atoms with van der Waals surface area (Å²) in [7, 11) is 1.13. The molecule has 3 aromatic rings. The predicted molar refractivity (Wildman–Crippen MR) is 106 cm³/mol. The van der Waals surface area contributed by atoms with Crippen LogP contribution in [0.15, 0.2) is 36.7 Å². The molecule has 16 heteroatoms. The van der Waals surface area contributed by atoms with Crippen LogP contribution in [0.25, 0.3) is 5.95 Å². The van der Waals surface area contributed by atoms with E-state index in [1.165, 1.54) is 25.4 Å². The number of carbonyl (C=O) groups excluding carboxylic acids is 1. The molecule has 35 heavy (non-hydrogen) atoms. The molecule has 1 atom stereocenters. The molecule has 2 heterocycles. The third kappa shape index (κ3) is 5.64. The zero-order valence-electron chi connectivity index (χ0n) is 17.8. The van der Waals surface area contributed by atoms with Gasteiger partial charge in [-0.25, -0.2) is 19.7 Å². The minimum Gasteiger partial charge on any atom is -0.465 e. The average Bonchev–Trinajstić information content (AvgIpc) is 3.23. The van der Waals surface area contributed by atoms with Gasteiger partial charge in [0.1, 0.15) is 0 Å². The number of alkyl halides is 6. The number of aromatic nitrogens is 5. The van der Waals surface area contributed by atoms with E-state index in [1.54, 1.807) is 0 Å². The number of nitrogens with zero attached hydrogens (tertiary/aromatic N) is 6. The summed E-state index contributed by atoms with van der Waals surface area (Å²) in [5, 5.41) is 15.4. The first-order valence-electron chi connectivity index (χ1n) is 9.50. The van der Waals surface area contributed by atoms with Crippen molar-refractivity contribution in [3.63, 3.8) is 0 Å². The monoisotopic (exact) mass is 503 g/mol. The number of carboxylic acid groups (broad SMARTS) is 1. The lowest BCUT2D eigenvalue weighted by Crippen LogP contribution is -2.29. The Bertz CT molecular complexity index is 1210. The van der Waals surface area contributed by atoms with Crippen LogP contribution >= 0.6 is 0 Å². The average molecular weight is 503 g/mol. The summed E-state index contributed by atoms with van der Waals surface area (Å²) >= 11 is 0. The summed E-state index contributed by atoms with van der Waals surface area (Å²) in [6.45, 7) is 1.31. The number of anilines is 1. The van der Waals surface area contributed by atoms with E-state index in [2.05, 4.69) is 25.4 Å². The van der Waals surface area contributed by atoms with Gasteiger partial charge in [0.2, 0.25) is 0 Å². The maximum atomic E-state index is 13.1. The van der Waals surface area contributed by atoms with Crippen molar-refractivity contribution in [3.8, 4) is 5.95 Å². The Hall–Kier alpha value is -4.24. The van der Waals surface area contributed by atoms with E-state index in [4.69, 9.17) is 0 Å². The molecule has 186 valence electrons. The number of amides is 2. The molecule has 2 amide bonds. The van der Waals surface area contributed by atoms with E-state index in [0.29, 0.717) is 4.90 Å². The molecule has 0 aliphatic rings. The van der Waals surface area contributed by atoms with Crippen molar-refractivity contribution in [1.29, 1.82) is 0 Å². The lowest BCUT2D eigenvalue weighted by molar-refractivity contribution is -0.143. The Morgan fingerprint density at radius 1 is 1.03 bits per heavy atom. The molecule has 0 saturated heterocycles. The lowest BCUT2D eigenvalue weighted by Gasteiger charge is -2.16. The number of nitrogens with one attached hydrogen (secondary N) is 1. The van der Waals surface area contributed by atoms with E-state index < -0.39 is 47.1 Å². The number of carbonyl (C=O) groups is 2. The standard InChI is InChI=1S/C19H15F6N7O3/c1-9(13-29-16(31(2)17(34)35)30-32(13)15-26-4-3-5-27-15)28-14(33)10-6-11(18(20,21)22)8-12(7-10)19(23,24)25/h3-9H,1-2H3,(H,28,33)(H,34,35). The highest BCUT2D eigenvalue weighted by Gasteiger charge is 2.37. The van der Waals surface area contributed by atoms with Gasteiger partial charge in [0.05, 0.1) is 17.2 Å². The van der Waals surface area contributed by atoms with Gasteiger partial charge in [-0.05, 0) is 31.2 Å². The Labute approximate surface area is 192 Å². The molecule has 1 unspecified atom stereocenters. The highest BCUT2D eigenvalue weighted by atomic mass is 19.4. The molecule has 2 N–H and O–H groups in total. The normalized spacial score (nSPS) is 12.8. The van der Waals surface area contributed by atoms with Crippen LogP contribution in [0.4, 0.5) is 37.1 Å². The van der Waals surface area contributed by atoms with Gasteiger partial charge < -0.3 is 10.4 Å². The first kappa shape index (κ1) is 25.4. The van der Waals surface area contributed by atoms with Gasteiger partial charge in [0, 0.05) is 25.0 Å². The van der Waals surface area contributed by atoms with Crippen molar-refractivity contribution in [2.75, 3.05) is 11.9 Å². The smallest absolute Gasteiger partial charge is 0.416 e. The molecular formula is C19H15F6N7O3. The Kier molecular flexibility index (Phi) is 6.66. The Morgan fingerprint density at radius 3 is 2.06 bits per heavy atom. The van der Waals surface area contributed by atoms with Crippen molar-refractivity contribution < 1.29 is 41.0 Å². The highest BCUT2D eigenvalue weighted by molar-refractivity contribution is 5.95. The van der Waals surface area contributed by atoms with Crippen molar-refractivity contribution in [2.24, 2.45) is 0 Å². The lowest BCUT2D eigenvalue weighted by atomic mass is 10.0. The van der Waals surface area contributed by atoms with E-state index in [1.807, 2.05) is 0 Å². The van der Waals surface area contributed by atoms with Gasteiger partial charge in [0.15, 0.2) is 5.82 Å². The van der Waals surface area contributed by atoms with Crippen LogP contribution in [0.2, 0.25) is 0 Å². The van der Waals surface area contributed by atoms with Crippen molar-refractivity contribution >= 4 is 17.9 Å². The second-order valence-electron chi connectivity index (χ2n) is 7.06. The van der Waals surface area contributed by atoms with E-state index >= 15 is 0 Å². The molecule has 0 bridgehead atoms. The summed E-state index contributed by atoms with van der Waals surface area (Å²) in [5.41, 5.74) is -4.21. The quantitative estimate of drug-likeness (QED) is 0.509. The van der Waals surface area contributed by atoms with Gasteiger partial charge in [-0.3, -0.25) is 4.79 Å². The van der Waals surface area contributed by atoms with Crippen molar-refractivity contribution in [3.05, 3.63) is 59.2 Å². The SMILES string of the molecule is CC(NC(=O)c1cc(C(F)(F)F)cc(C(F)(F)F)c1)c1nc(N(C)C(=O)O)nn1-c1ncccn1. The molecule has 0 spiro atoms. The molecule has 3 rings (SSSR count). The van der Waals surface area contributed by atoms with Gasteiger partial charge in [-0.2, -0.15) is 36.0 Å². The fraction of sp³-hybridized carbons (Fsp3) is 0.263. The first-order valence-corrected chi connectivity index (χ1v) is 9.50. The van der Waals surface area contributed by atoms with E-state index in [9.17, 15) is 41.0 Å². The molecule has 0 aliphatic carbocycles. The van der Waals surface area contributed by atoms with Crippen LogP contribution < -0.4 is 10.2 Å². The van der Waals surface area contributed by atoms with Crippen LogP contribution in [-0.2, 0) is 12.4 Å². The third-order valence-corrected chi connectivity index (χ3v) is 4.53. The summed E-state index contributed by atoms with van der Waals surface area (Å²) in [4.78, 5) is 36.5. The number of hydrogen-bond acceptors (Lipinski definition) is 6. The van der Waals surface area contributed by atoms with E-state index in [0.717, 1.165) is 11.7 Å². The van der Waals surface area contributed by atoms with Crippen LogP contribution in [-0.4, -0.2) is 48.9 Å². The molecule has 0 radical (unpaired) electrons. The number of benzene rings is 1. The minimum absolute atomic E-state index is 0.0837. The highest BCUT2D eigenvalue weighted by Crippen LogP contribution is 2.36. The third-order valence-electron chi connectivity index (χ3n) is 4.53. The molecular weight excluding hydrogens is 488 g/mol. The van der Waals surface area contributed by atoms with Gasteiger partial charge in [0.25, 0.3) is 17.8 Å². The first-order chi connectivity index (χ1) is 16.2. The zero-order chi connectivity index (χ0) is 26.1. The van der Waals surface area contributed by atoms with Crippen LogP contribution in [0.5, 0.6) is 0 Å². The second-order valence-corrected chi connectivity index (χ2v) is 7.06. The van der Waals surface area contributed by atoms with Crippen molar-refractivity contribution in [2.45, 2.75) is 25.3 Å². The second kappa shape index (κ2) is 9.19. The number of halogens is 6. The Balaban J connectivity index is 2.00. The molecule has 10 nitrogen and oxygen atoms in total. The van der Waals surface area contributed by atoms with Gasteiger partial charge in [-0.1, -0.05) is 0 Å². The minimum atomic E-state index is -5.14. The zero-order valence-corrected chi connectivity index (χ0v) is 17.8.